The van der Waals surface area contributed by atoms with Crippen LogP contribution < -0.4 is 9.64 Å². The number of nitrogens with zero attached hydrogens (tertiary/aromatic N) is 2. The van der Waals surface area contributed by atoms with E-state index in [0.717, 1.165) is 54.4 Å². The van der Waals surface area contributed by atoms with Crippen molar-refractivity contribution in [3.63, 3.8) is 0 Å². The number of carbonyl (C=O) groups is 1. The molecule has 1 aliphatic heterocycles. The molecule has 1 N–H and O–H groups in total. The van der Waals surface area contributed by atoms with Crippen molar-refractivity contribution in [1.82, 2.24) is 4.90 Å². The zero-order valence-corrected chi connectivity index (χ0v) is 16.3. The smallest absolute Gasteiger partial charge is 0.449 e. The number of aryl methyl sites for hydroxylation is 1. The molecule has 1 aromatic heterocycles. The number of furan rings is 1. The van der Waals surface area contributed by atoms with Crippen LogP contribution in [-0.2, 0) is 6.54 Å². The summed E-state index contributed by atoms with van der Waals surface area (Å²) in [5.74, 6) is -0.00547. The fraction of sp³-hybridized carbons (Fsp3) is 0.286. The quantitative estimate of drug-likeness (QED) is 0.636. The van der Waals surface area contributed by atoms with Crippen LogP contribution in [0.2, 0.25) is 5.02 Å². The van der Waals surface area contributed by atoms with Gasteiger partial charge in [-0.05, 0) is 42.3 Å². The summed E-state index contributed by atoms with van der Waals surface area (Å²) in [4.78, 5) is 15.5. The zero-order valence-electron chi connectivity index (χ0n) is 15.5. The highest BCUT2D eigenvalue weighted by Crippen LogP contribution is 2.33. The fourth-order valence-electron chi connectivity index (χ4n) is 3.74. The van der Waals surface area contributed by atoms with Crippen LogP contribution in [0.3, 0.4) is 0 Å². The lowest BCUT2D eigenvalue weighted by Crippen LogP contribution is -2.46. The molecule has 146 valence electrons. The number of piperazine rings is 1. The molecule has 2 heterocycles. The van der Waals surface area contributed by atoms with Gasteiger partial charge in [0.05, 0.1) is 0 Å². The molecule has 3 aromatic rings. The lowest BCUT2D eigenvalue weighted by molar-refractivity contribution is 0.134. The summed E-state index contributed by atoms with van der Waals surface area (Å²) in [6.45, 7) is 6.68. The Bertz CT molecular complexity index is 1010. The second-order valence-corrected chi connectivity index (χ2v) is 7.38. The summed E-state index contributed by atoms with van der Waals surface area (Å²) < 4.78 is 10.1. The summed E-state index contributed by atoms with van der Waals surface area (Å²) in [7, 11) is 0. The van der Waals surface area contributed by atoms with E-state index >= 15 is 0 Å². The van der Waals surface area contributed by atoms with Crippen LogP contribution in [0.25, 0.3) is 11.0 Å². The second-order valence-electron chi connectivity index (χ2n) is 6.95. The van der Waals surface area contributed by atoms with Gasteiger partial charge in [0.25, 0.3) is 5.95 Å². The van der Waals surface area contributed by atoms with E-state index in [-0.39, 0.29) is 5.95 Å². The minimum Gasteiger partial charge on any atom is -0.449 e. The van der Waals surface area contributed by atoms with E-state index in [9.17, 15) is 4.79 Å². The number of fused-ring (bicyclic) bond motifs is 1. The first-order valence-electron chi connectivity index (χ1n) is 9.15. The molecular weight excluding hydrogens is 380 g/mol. The van der Waals surface area contributed by atoms with Gasteiger partial charge >= 0.3 is 6.16 Å². The highest BCUT2D eigenvalue weighted by Gasteiger charge is 2.20. The van der Waals surface area contributed by atoms with Crippen molar-refractivity contribution in [2.75, 3.05) is 31.1 Å². The normalized spacial score (nSPS) is 15.1. The molecule has 0 aliphatic carbocycles. The monoisotopic (exact) mass is 400 g/mol. The number of carboxylic acid groups (broad SMARTS) is 1. The van der Waals surface area contributed by atoms with E-state index in [0.29, 0.717) is 5.58 Å². The zero-order chi connectivity index (χ0) is 19.7. The number of ether oxygens (including phenoxy) is 1. The van der Waals surface area contributed by atoms with E-state index in [2.05, 4.69) is 20.6 Å². The van der Waals surface area contributed by atoms with Crippen molar-refractivity contribution in [1.29, 1.82) is 0 Å². The molecule has 28 heavy (non-hydrogen) atoms. The molecule has 2 aromatic carbocycles. The number of anilines is 1. The minimum atomic E-state index is -1.38. The van der Waals surface area contributed by atoms with Crippen LogP contribution in [0.15, 0.2) is 46.9 Å². The van der Waals surface area contributed by atoms with E-state index in [1.807, 2.05) is 37.3 Å². The van der Waals surface area contributed by atoms with Crippen molar-refractivity contribution in [2.45, 2.75) is 13.5 Å². The van der Waals surface area contributed by atoms with Crippen molar-refractivity contribution >= 4 is 34.4 Å². The van der Waals surface area contributed by atoms with E-state index in [1.165, 1.54) is 5.56 Å². The number of rotatable bonds is 4. The maximum absolute atomic E-state index is 10.7. The average Bonchev–Trinajstić information content (AvgIpc) is 3.06. The maximum Gasteiger partial charge on any atom is 0.513 e. The maximum atomic E-state index is 10.7. The first-order valence-corrected chi connectivity index (χ1v) is 9.53. The molecule has 0 atom stereocenters. The molecule has 0 saturated carbocycles. The molecular formula is C21H21ClN2O4. The number of halogens is 1. The molecule has 6 nitrogen and oxygen atoms in total. The molecule has 0 bridgehead atoms. The van der Waals surface area contributed by atoms with E-state index in [1.54, 1.807) is 6.07 Å². The lowest BCUT2D eigenvalue weighted by atomic mass is 10.1. The first kappa shape index (κ1) is 18.7. The van der Waals surface area contributed by atoms with Crippen molar-refractivity contribution in [3.05, 3.63) is 58.6 Å². The van der Waals surface area contributed by atoms with Crippen molar-refractivity contribution < 1.29 is 19.1 Å². The topological polar surface area (TPSA) is 66.2 Å². The van der Waals surface area contributed by atoms with Crippen LogP contribution in [-0.4, -0.2) is 42.3 Å². The van der Waals surface area contributed by atoms with Crippen LogP contribution in [0.5, 0.6) is 5.95 Å². The Morgan fingerprint density at radius 2 is 1.96 bits per heavy atom. The van der Waals surface area contributed by atoms with Gasteiger partial charge in [-0.25, -0.2) is 4.79 Å². The predicted molar refractivity (Wildman–Crippen MR) is 109 cm³/mol. The Labute approximate surface area is 167 Å². The lowest BCUT2D eigenvalue weighted by Gasteiger charge is -2.37. The summed E-state index contributed by atoms with van der Waals surface area (Å²) in [6.07, 6.45) is -1.38. The van der Waals surface area contributed by atoms with Gasteiger partial charge in [0.15, 0.2) is 0 Å². The molecule has 4 rings (SSSR count). The number of benzene rings is 2. The van der Waals surface area contributed by atoms with Crippen LogP contribution in [0.4, 0.5) is 10.5 Å². The van der Waals surface area contributed by atoms with Crippen molar-refractivity contribution in [3.8, 4) is 5.95 Å². The SMILES string of the molecule is Cc1c(N2CCN(Cc3cccc(Cl)c3)CC2)ccc2oc(OC(=O)O)cc12. The van der Waals surface area contributed by atoms with Gasteiger partial charge in [0.2, 0.25) is 0 Å². The molecule has 0 radical (unpaired) electrons. The molecule has 1 aliphatic rings. The third kappa shape index (κ3) is 3.93. The van der Waals surface area contributed by atoms with Crippen molar-refractivity contribution in [2.24, 2.45) is 0 Å². The minimum absolute atomic E-state index is 0.00547. The van der Waals surface area contributed by atoms with Gasteiger partial charge in [0.1, 0.15) is 5.58 Å². The van der Waals surface area contributed by atoms with E-state index < -0.39 is 6.16 Å². The Balaban J connectivity index is 1.46. The van der Waals surface area contributed by atoms with Gasteiger partial charge < -0.3 is 19.2 Å². The molecule has 1 fully saturated rings. The highest BCUT2D eigenvalue weighted by molar-refractivity contribution is 6.30. The molecule has 0 spiro atoms. The number of hydrogen-bond acceptors (Lipinski definition) is 5. The van der Waals surface area contributed by atoms with Gasteiger partial charge in [-0.1, -0.05) is 23.7 Å². The molecule has 1 saturated heterocycles. The summed E-state index contributed by atoms with van der Waals surface area (Å²) in [5, 5.41) is 10.4. The van der Waals surface area contributed by atoms with Gasteiger partial charge in [-0.15, -0.1) is 0 Å². The largest absolute Gasteiger partial charge is 0.513 e. The third-order valence-corrected chi connectivity index (χ3v) is 5.35. The summed E-state index contributed by atoms with van der Waals surface area (Å²) in [5.41, 5.74) is 4.04. The van der Waals surface area contributed by atoms with Gasteiger partial charge in [-0.3, -0.25) is 4.90 Å². The number of hydrogen-bond donors (Lipinski definition) is 1. The molecule has 0 unspecified atom stereocenters. The highest BCUT2D eigenvalue weighted by atomic mass is 35.5. The molecule has 0 amide bonds. The second kappa shape index (κ2) is 7.73. The Morgan fingerprint density at radius 1 is 1.18 bits per heavy atom. The predicted octanol–water partition coefficient (Wildman–Crippen LogP) is 4.77. The summed E-state index contributed by atoms with van der Waals surface area (Å²) >= 11 is 6.08. The Kier molecular flexibility index (Phi) is 5.15. The van der Waals surface area contributed by atoms with Crippen LogP contribution in [0, 0.1) is 6.92 Å². The third-order valence-electron chi connectivity index (χ3n) is 5.12. The average molecular weight is 401 g/mol. The van der Waals surface area contributed by atoms with Crippen LogP contribution in [0.1, 0.15) is 11.1 Å². The Hall–Kier alpha value is -2.70. The summed E-state index contributed by atoms with van der Waals surface area (Å²) in [6, 6.07) is 13.5. The Morgan fingerprint density at radius 3 is 2.68 bits per heavy atom. The van der Waals surface area contributed by atoms with E-state index in [4.69, 9.17) is 21.1 Å². The van der Waals surface area contributed by atoms with Gasteiger partial charge in [-0.2, -0.15) is 0 Å². The standard InChI is InChI=1S/C21H21ClN2O4/c1-14-17-12-20(28-21(25)26)27-19(17)6-5-18(14)24-9-7-23(8-10-24)13-15-3-2-4-16(22)11-15/h2-6,11-12H,7-10,13H2,1H3,(H,25,26). The fourth-order valence-corrected chi connectivity index (χ4v) is 3.95. The first-order chi connectivity index (χ1) is 13.5. The van der Waals surface area contributed by atoms with Crippen LogP contribution >= 0.6 is 11.6 Å². The molecule has 7 heteroatoms. The van der Waals surface area contributed by atoms with Gasteiger partial charge in [0, 0.05) is 54.9 Å².